The lowest BCUT2D eigenvalue weighted by Crippen LogP contribution is -2.47. The summed E-state index contributed by atoms with van der Waals surface area (Å²) < 4.78 is 49.0. The van der Waals surface area contributed by atoms with Gasteiger partial charge in [0, 0.05) is 24.7 Å². The van der Waals surface area contributed by atoms with Crippen LogP contribution in [0.1, 0.15) is 47.6 Å². The largest absolute Gasteiger partial charge is 0.494 e. The number of fused-ring (bicyclic) bond motifs is 1. The Balaban J connectivity index is 1.53. The first-order chi connectivity index (χ1) is 18.2. The standard InChI is InChI=1S/C27H28F3N5O3/c1-13-9-14(31)12-35(11-13)26-15-3-7-20(36)24(15)32-10-19(26)34-27(37)18-6-4-17(29)25(33-18)22-16(28)5-8-21(38-2)23(22)30/h4-6,8,10,13-14,20,36H,3,7,9,11-12,31H2,1-2H3,(H,34,37). The molecule has 3 unspecified atom stereocenters. The third-order valence-electron chi connectivity index (χ3n) is 7.01. The molecule has 1 aliphatic heterocycles. The Kier molecular flexibility index (Phi) is 6.97. The minimum atomic E-state index is -1.13. The van der Waals surface area contributed by atoms with E-state index in [-0.39, 0.29) is 17.5 Å². The zero-order chi connectivity index (χ0) is 27.1. The molecule has 1 aromatic carbocycles. The molecule has 3 atom stereocenters. The second-order valence-corrected chi connectivity index (χ2v) is 9.86. The van der Waals surface area contributed by atoms with Crippen LogP contribution in [0.15, 0.2) is 30.5 Å². The summed E-state index contributed by atoms with van der Waals surface area (Å²) in [6, 6.07) is 4.01. The number of ether oxygens (including phenoxy) is 1. The Hall–Kier alpha value is -3.70. The molecule has 5 rings (SSSR count). The zero-order valence-electron chi connectivity index (χ0n) is 21.0. The first-order valence-corrected chi connectivity index (χ1v) is 12.4. The number of hydrogen-bond acceptors (Lipinski definition) is 7. The van der Waals surface area contributed by atoms with E-state index in [0.717, 1.165) is 41.9 Å². The van der Waals surface area contributed by atoms with Gasteiger partial charge in [-0.3, -0.25) is 9.78 Å². The Morgan fingerprint density at radius 3 is 2.68 bits per heavy atom. The summed E-state index contributed by atoms with van der Waals surface area (Å²) in [6.45, 7) is 3.37. The number of hydrogen-bond donors (Lipinski definition) is 3. The highest BCUT2D eigenvalue weighted by atomic mass is 19.1. The number of piperidine rings is 1. The predicted octanol–water partition coefficient (Wildman–Crippen LogP) is 3.97. The summed E-state index contributed by atoms with van der Waals surface area (Å²) in [6.07, 6.45) is 2.74. The third kappa shape index (κ3) is 4.67. The van der Waals surface area contributed by atoms with Crippen molar-refractivity contribution >= 4 is 17.3 Å². The Morgan fingerprint density at radius 2 is 1.95 bits per heavy atom. The van der Waals surface area contributed by atoms with Crippen molar-refractivity contribution in [3.05, 3.63) is 64.9 Å². The number of aliphatic hydroxyl groups is 1. The van der Waals surface area contributed by atoms with E-state index in [1.165, 1.54) is 13.3 Å². The van der Waals surface area contributed by atoms with E-state index in [4.69, 9.17) is 10.5 Å². The molecule has 2 aromatic heterocycles. The van der Waals surface area contributed by atoms with E-state index >= 15 is 0 Å². The van der Waals surface area contributed by atoms with Gasteiger partial charge >= 0.3 is 0 Å². The first kappa shape index (κ1) is 25.9. The van der Waals surface area contributed by atoms with Gasteiger partial charge in [-0.05, 0) is 49.4 Å². The number of carbonyl (C=O) groups is 1. The number of methoxy groups -OCH3 is 1. The van der Waals surface area contributed by atoms with Crippen molar-refractivity contribution in [1.29, 1.82) is 0 Å². The van der Waals surface area contributed by atoms with Gasteiger partial charge in [0.25, 0.3) is 5.91 Å². The van der Waals surface area contributed by atoms with Gasteiger partial charge in [-0.1, -0.05) is 6.92 Å². The normalized spacial score (nSPS) is 20.8. The van der Waals surface area contributed by atoms with Gasteiger partial charge in [0.15, 0.2) is 11.6 Å². The van der Waals surface area contributed by atoms with Crippen molar-refractivity contribution in [3.63, 3.8) is 0 Å². The molecule has 0 spiro atoms. The summed E-state index contributed by atoms with van der Waals surface area (Å²) in [5, 5.41) is 13.2. The number of benzene rings is 1. The topological polar surface area (TPSA) is 114 Å². The number of carbonyl (C=O) groups excluding carboxylic acids is 1. The van der Waals surface area contributed by atoms with Gasteiger partial charge < -0.3 is 25.8 Å². The molecule has 1 fully saturated rings. The lowest BCUT2D eigenvalue weighted by atomic mass is 9.95. The van der Waals surface area contributed by atoms with E-state index in [2.05, 4.69) is 27.1 Å². The number of nitrogens with two attached hydrogens (primary N) is 1. The lowest BCUT2D eigenvalue weighted by Gasteiger charge is -2.38. The zero-order valence-corrected chi connectivity index (χ0v) is 21.0. The SMILES string of the molecule is COc1ccc(F)c(-c2nc(C(=O)Nc3cnc4c(c3N3CC(C)CC(N)C3)CCC4O)ccc2F)c1F. The van der Waals surface area contributed by atoms with Crippen LogP contribution in [0.5, 0.6) is 5.75 Å². The minimum Gasteiger partial charge on any atom is -0.494 e. The molecule has 0 radical (unpaired) electrons. The molecule has 11 heteroatoms. The van der Waals surface area contributed by atoms with Gasteiger partial charge in [0.2, 0.25) is 0 Å². The molecule has 2 aliphatic rings. The van der Waals surface area contributed by atoms with Gasteiger partial charge in [-0.15, -0.1) is 0 Å². The average Bonchev–Trinajstić information content (AvgIpc) is 3.25. The number of nitrogens with zero attached hydrogens (tertiary/aromatic N) is 3. The summed E-state index contributed by atoms with van der Waals surface area (Å²) in [5.74, 6) is -3.88. The number of halogens is 3. The molecular formula is C27H28F3N5O3. The fourth-order valence-corrected chi connectivity index (χ4v) is 5.38. The summed E-state index contributed by atoms with van der Waals surface area (Å²) in [4.78, 5) is 23.8. The maximum atomic E-state index is 14.8. The fourth-order valence-electron chi connectivity index (χ4n) is 5.38. The monoisotopic (exact) mass is 527 g/mol. The van der Waals surface area contributed by atoms with Crippen molar-refractivity contribution in [2.24, 2.45) is 11.7 Å². The molecule has 3 aromatic rings. The van der Waals surface area contributed by atoms with E-state index in [9.17, 15) is 23.1 Å². The highest BCUT2D eigenvalue weighted by molar-refractivity contribution is 6.05. The van der Waals surface area contributed by atoms with Crippen LogP contribution in [0.3, 0.4) is 0 Å². The Labute approximate surface area is 217 Å². The van der Waals surface area contributed by atoms with Gasteiger partial charge in [0.05, 0.1) is 42.0 Å². The molecule has 8 nitrogen and oxygen atoms in total. The summed E-state index contributed by atoms with van der Waals surface area (Å²) >= 11 is 0. The van der Waals surface area contributed by atoms with Crippen LogP contribution in [-0.4, -0.2) is 47.2 Å². The van der Waals surface area contributed by atoms with E-state index in [1.54, 1.807) is 0 Å². The molecule has 200 valence electrons. The van der Waals surface area contributed by atoms with Crippen LogP contribution in [0, 0.1) is 23.4 Å². The average molecular weight is 528 g/mol. The van der Waals surface area contributed by atoms with E-state index < -0.39 is 40.7 Å². The quantitative estimate of drug-likeness (QED) is 0.460. The number of pyridine rings is 2. The van der Waals surface area contributed by atoms with Crippen LogP contribution >= 0.6 is 0 Å². The van der Waals surface area contributed by atoms with E-state index in [1.807, 2.05) is 0 Å². The summed E-state index contributed by atoms with van der Waals surface area (Å²) in [7, 11) is 1.20. The van der Waals surface area contributed by atoms with Crippen molar-refractivity contribution in [2.45, 2.75) is 38.3 Å². The number of rotatable bonds is 5. The smallest absolute Gasteiger partial charge is 0.274 e. The van der Waals surface area contributed by atoms with Crippen molar-refractivity contribution in [1.82, 2.24) is 9.97 Å². The van der Waals surface area contributed by atoms with Crippen LogP contribution in [0.25, 0.3) is 11.3 Å². The first-order valence-electron chi connectivity index (χ1n) is 12.4. The Morgan fingerprint density at radius 1 is 1.18 bits per heavy atom. The van der Waals surface area contributed by atoms with Crippen LogP contribution in [-0.2, 0) is 6.42 Å². The number of nitrogens with one attached hydrogen (secondary N) is 1. The van der Waals surface area contributed by atoms with Crippen molar-refractivity contribution in [3.8, 4) is 17.0 Å². The van der Waals surface area contributed by atoms with Crippen molar-refractivity contribution < 1.29 is 27.8 Å². The fraction of sp³-hybridized carbons (Fsp3) is 0.370. The Bertz CT molecular complexity index is 1390. The highest BCUT2D eigenvalue weighted by Crippen LogP contribution is 2.42. The van der Waals surface area contributed by atoms with Gasteiger partial charge in [-0.2, -0.15) is 0 Å². The molecule has 1 aliphatic carbocycles. The van der Waals surface area contributed by atoms with Crippen LogP contribution in [0.4, 0.5) is 24.5 Å². The molecular weight excluding hydrogens is 499 g/mol. The molecule has 1 saturated heterocycles. The number of aromatic nitrogens is 2. The van der Waals surface area contributed by atoms with Gasteiger partial charge in [-0.25, -0.2) is 18.2 Å². The number of aliphatic hydroxyl groups excluding tert-OH is 1. The maximum Gasteiger partial charge on any atom is 0.274 e. The summed E-state index contributed by atoms with van der Waals surface area (Å²) in [5.41, 5.74) is 7.17. The predicted molar refractivity (Wildman–Crippen MR) is 136 cm³/mol. The number of anilines is 2. The highest BCUT2D eigenvalue weighted by Gasteiger charge is 2.32. The van der Waals surface area contributed by atoms with Crippen molar-refractivity contribution in [2.75, 3.05) is 30.4 Å². The molecule has 38 heavy (non-hydrogen) atoms. The second kappa shape index (κ2) is 10.2. The molecule has 1 amide bonds. The third-order valence-corrected chi connectivity index (χ3v) is 7.01. The van der Waals surface area contributed by atoms with Gasteiger partial charge in [0.1, 0.15) is 23.0 Å². The van der Waals surface area contributed by atoms with E-state index in [0.29, 0.717) is 43.2 Å². The number of amides is 1. The minimum absolute atomic E-state index is 0.0635. The van der Waals surface area contributed by atoms with Crippen LogP contribution in [0.2, 0.25) is 0 Å². The lowest BCUT2D eigenvalue weighted by molar-refractivity contribution is 0.102. The van der Waals surface area contributed by atoms with Crippen LogP contribution < -0.4 is 20.7 Å². The maximum absolute atomic E-state index is 14.8. The molecule has 0 saturated carbocycles. The molecule has 3 heterocycles. The molecule has 0 bridgehead atoms. The molecule has 4 N–H and O–H groups in total. The second-order valence-electron chi connectivity index (χ2n) is 9.86.